The normalized spacial score (nSPS) is 16.1. The highest BCUT2D eigenvalue weighted by atomic mass is 16.4. The molecule has 1 aromatic rings. The summed E-state index contributed by atoms with van der Waals surface area (Å²) in [5, 5.41) is 22.8. The predicted molar refractivity (Wildman–Crippen MR) is 60.8 cm³/mol. The van der Waals surface area contributed by atoms with E-state index in [2.05, 4.69) is 15.5 Å². The van der Waals surface area contributed by atoms with Gasteiger partial charge in [0.15, 0.2) is 0 Å². The number of oxime groups is 1. The van der Waals surface area contributed by atoms with Crippen LogP contribution in [0.15, 0.2) is 17.4 Å². The second kappa shape index (κ2) is 4.70. The number of carbonyl (C=O) groups excluding carboxylic acids is 2. The van der Waals surface area contributed by atoms with Gasteiger partial charge in [0.25, 0.3) is 0 Å². The minimum atomic E-state index is -0.559. The molecule has 94 valence electrons. The van der Waals surface area contributed by atoms with E-state index in [9.17, 15) is 14.7 Å². The molecule has 0 saturated carbocycles. The maximum Gasteiger partial charge on any atom is 0.328 e. The molecule has 1 aromatic heterocycles. The minimum Gasteiger partial charge on any atom is -0.506 e. The van der Waals surface area contributed by atoms with Gasteiger partial charge in [-0.05, 0) is 0 Å². The van der Waals surface area contributed by atoms with Crippen molar-refractivity contribution in [3.05, 3.63) is 18.0 Å². The lowest BCUT2D eigenvalue weighted by molar-refractivity contribution is -0.120. The molecule has 0 aliphatic carbocycles. The van der Waals surface area contributed by atoms with Gasteiger partial charge in [0.05, 0.1) is 18.1 Å². The van der Waals surface area contributed by atoms with Crippen LogP contribution < -0.4 is 10.2 Å². The Morgan fingerprint density at radius 1 is 1.50 bits per heavy atom. The summed E-state index contributed by atoms with van der Waals surface area (Å²) in [6.45, 7) is 0.221. The van der Waals surface area contributed by atoms with Gasteiger partial charge in [0.1, 0.15) is 11.4 Å². The molecule has 8 nitrogen and oxygen atoms in total. The SMILES string of the molecule is O=C1CCN(c2cnc(/C=N/O)c(O)c2)C(=O)N1. The van der Waals surface area contributed by atoms with Gasteiger partial charge in [0.2, 0.25) is 5.91 Å². The van der Waals surface area contributed by atoms with Crippen LogP contribution in [-0.4, -0.2) is 40.0 Å². The van der Waals surface area contributed by atoms with Crippen LogP contribution >= 0.6 is 0 Å². The van der Waals surface area contributed by atoms with Gasteiger partial charge < -0.3 is 10.3 Å². The molecule has 3 amide bonds. The third-order valence-electron chi connectivity index (χ3n) is 2.43. The molecule has 3 N–H and O–H groups in total. The molecule has 1 aliphatic rings. The zero-order valence-electron chi connectivity index (χ0n) is 9.20. The fourth-order valence-corrected chi connectivity index (χ4v) is 1.57. The fourth-order valence-electron chi connectivity index (χ4n) is 1.57. The average molecular weight is 250 g/mol. The third-order valence-corrected chi connectivity index (χ3v) is 2.43. The number of imide groups is 1. The molecule has 0 unspecified atom stereocenters. The first kappa shape index (κ1) is 11.8. The van der Waals surface area contributed by atoms with Gasteiger partial charge in [-0.2, -0.15) is 0 Å². The molecule has 0 bridgehead atoms. The molecule has 18 heavy (non-hydrogen) atoms. The van der Waals surface area contributed by atoms with E-state index < -0.39 is 6.03 Å². The second-order valence-electron chi connectivity index (χ2n) is 3.60. The van der Waals surface area contributed by atoms with Crippen molar-refractivity contribution in [3.63, 3.8) is 0 Å². The molecule has 0 aromatic carbocycles. The monoisotopic (exact) mass is 250 g/mol. The van der Waals surface area contributed by atoms with E-state index in [0.29, 0.717) is 5.69 Å². The number of carbonyl (C=O) groups is 2. The van der Waals surface area contributed by atoms with Gasteiger partial charge in [-0.3, -0.25) is 15.0 Å². The van der Waals surface area contributed by atoms with E-state index in [1.54, 1.807) is 0 Å². The Hall–Kier alpha value is -2.64. The number of amides is 3. The summed E-state index contributed by atoms with van der Waals surface area (Å²) < 4.78 is 0. The van der Waals surface area contributed by atoms with Crippen LogP contribution in [0.4, 0.5) is 10.5 Å². The van der Waals surface area contributed by atoms with Gasteiger partial charge >= 0.3 is 6.03 Å². The Balaban J connectivity index is 2.26. The first-order chi connectivity index (χ1) is 8.61. The smallest absolute Gasteiger partial charge is 0.328 e. The van der Waals surface area contributed by atoms with Gasteiger partial charge in [-0.1, -0.05) is 5.16 Å². The number of aromatic hydroxyl groups is 1. The molecule has 0 spiro atoms. The van der Waals surface area contributed by atoms with E-state index in [1.807, 2.05) is 0 Å². The number of aromatic nitrogens is 1. The summed E-state index contributed by atoms with van der Waals surface area (Å²) in [5.74, 6) is -0.563. The molecule has 1 aliphatic heterocycles. The number of nitrogens with one attached hydrogen (secondary N) is 1. The lowest BCUT2D eigenvalue weighted by atomic mass is 10.2. The summed E-state index contributed by atoms with van der Waals surface area (Å²) in [6, 6.07) is 0.746. The Bertz CT molecular complexity index is 529. The number of pyridine rings is 1. The highest BCUT2D eigenvalue weighted by Gasteiger charge is 2.24. The minimum absolute atomic E-state index is 0.0785. The largest absolute Gasteiger partial charge is 0.506 e. The lowest BCUT2D eigenvalue weighted by Crippen LogP contribution is -2.49. The third kappa shape index (κ3) is 2.21. The van der Waals surface area contributed by atoms with Gasteiger partial charge in [-0.25, -0.2) is 9.78 Å². The molecule has 1 saturated heterocycles. The standard InChI is InChI=1S/C10H10N4O4/c15-8-3-6(4-11-7(8)5-12-18)14-2-1-9(16)13-10(14)17/h3-5,15,18H,1-2H2,(H,13,16,17)/b12-5+. The average Bonchev–Trinajstić information content (AvgIpc) is 2.32. The summed E-state index contributed by atoms with van der Waals surface area (Å²) in [7, 11) is 0. The van der Waals surface area contributed by atoms with Crippen LogP contribution in [0, 0.1) is 0 Å². The van der Waals surface area contributed by atoms with Crippen molar-refractivity contribution in [1.29, 1.82) is 0 Å². The van der Waals surface area contributed by atoms with Crippen molar-refractivity contribution in [2.75, 3.05) is 11.4 Å². The number of nitrogens with zero attached hydrogens (tertiary/aromatic N) is 3. The molecule has 0 radical (unpaired) electrons. The van der Waals surface area contributed by atoms with E-state index in [0.717, 1.165) is 6.21 Å². The molecular formula is C10H10N4O4. The second-order valence-corrected chi connectivity index (χ2v) is 3.60. The number of rotatable bonds is 2. The topological polar surface area (TPSA) is 115 Å². The van der Waals surface area contributed by atoms with Crippen LogP contribution in [0.2, 0.25) is 0 Å². The lowest BCUT2D eigenvalue weighted by Gasteiger charge is -2.26. The summed E-state index contributed by atoms with van der Waals surface area (Å²) in [5.41, 5.74) is 0.433. The van der Waals surface area contributed by atoms with E-state index in [-0.39, 0.29) is 30.3 Å². The maximum absolute atomic E-state index is 11.5. The fraction of sp³-hybridized carbons (Fsp3) is 0.200. The van der Waals surface area contributed by atoms with Crippen LogP contribution in [0.1, 0.15) is 12.1 Å². The molecule has 2 heterocycles. The summed E-state index contributed by atoms with van der Waals surface area (Å²) >= 11 is 0. The van der Waals surface area contributed by atoms with Crippen molar-refractivity contribution in [2.24, 2.45) is 5.16 Å². The Labute approximate surface area is 102 Å². The Morgan fingerprint density at radius 2 is 2.28 bits per heavy atom. The van der Waals surface area contributed by atoms with Crippen molar-refractivity contribution in [3.8, 4) is 5.75 Å². The van der Waals surface area contributed by atoms with Crippen molar-refractivity contribution in [2.45, 2.75) is 6.42 Å². The van der Waals surface area contributed by atoms with Crippen molar-refractivity contribution < 1.29 is 19.9 Å². The highest BCUT2D eigenvalue weighted by molar-refractivity contribution is 6.05. The van der Waals surface area contributed by atoms with Crippen LogP contribution in [0.3, 0.4) is 0 Å². The molecule has 8 heteroatoms. The zero-order valence-corrected chi connectivity index (χ0v) is 9.20. The van der Waals surface area contributed by atoms with Crippen LogP contribution in [-0.2, 0) is 4.79 Å². The first-order valence-electron chi connectivity index (χ1n) is 5.09. The van der Waals surface area contributed by atoms with E-state index in [4.69, 9.17) is 5.21 Å². The number of hydrogen-bond donors (Lipinski definition) is 3. The Morgan fingerprint density at radius 3 is 2.89 bits per heavy atom. The predicted octanol–water partition coefficient (Wildman–Crippen LogP) is 0.0416. The zero-order chi connectivity index (χ0) is 13.1. The molecule has 2 rings (SSSR count). The maximum atomic E-state index is 11.5. The number of anilines is 1. The first-order valence-corrected chi connectivity index (χ1v) is 5.09. The molecule has 0 atom stereocenters. The van der Waals surface area contributed by atoms with Crippen LogP contribution in [0.5, 0.6) is 5.75 Å². The van der Waals surface area contributed by atoms with Crippen LogP contribution in [0.25, 0.3) is 0 Å². The van der Waals surface area contributed by atoms with Gasteiger partial charge in [0, 0.05) is 19.0 Å². The van der Waals surface area contributed by atoms with Crippen molar-refractivity contribution in [1.82, 2.24) is 10.3 Å². The van der Waals surface area contributed by atoms with Gasteiger partial charge in [-0.15, -0.1) is 0 Å². The Kier molecular flexibility index (Phi) is 3.09. The quantitative estimate of drug-likeness (QED) is 0.389. The van der Waals surface area contributed by atoms with Crippen molar-refractivity contribution >= 4 is 23.8 Å². The summed E-state index contributed by atoms with van der Waals surface area (Å²) in [6.07, 6.45) is 2.50. The number of hydrogen-bond acceptors (Lipinski definition) is 6. The molecular weight excluding hydrogens is 240 g/mol. The molecule has 1 fully saturated rings. The summed E-state index contributed by atoms with van der Waals surface area (Å²) in [4.78, 5) is 27.6. The highest BCUT2D eigenvalue weighted by Crippen LogP contribution is 2.22. The van der Waals surface area contributed by atoms with E-state index in [1.165, 1.54) is 17.2 Å². The number of urea groups is 1. The van der Waals surface area contributed by atoms with E-state index >= 15 is 0 Å².